The van der Waals surface area contributed by atoms with Gasteiger partial charge in [0.25, 0.3) is 5.91 Å². The topological polar surface area (TPSA) is 55.3 Å². The van der Waals surface area contributed by atoms with Gasteiger partial charge in [-0.2, -0.15) is 0 Å². The van der Waals surface area contributed by atoms with E-state index < -0.39 is 0 Å². The van der Waals surface area contributed by atoms with Gasteiger partial charge in [0.15, 0.2) is 5.13 Å². The standard InChI is InChI=1S/C22H19N3O2S2/c1-27-16-10-11-18-20(13-16)29-22(24-18)25(14-15-7-5-6-12-23-15)21(26)17-8-3-4-9-19(17)28-2/h3-13H,14H2,1-2H3. The van der Waals surface area contributed by atoms with E-state index in [4.69, 9.17) is 9.72 Å². The number of thioether (sulfide) groups is 1. The second-order valence-corrected chi connectivity index (χ2v) is 8.10. The van der Waals surface area contributed by atoms with Crippen molar-refractivity contribution < 1.29 is 9.53 Å². The highest BCUT2D eigenvalue weighted by atomic mass is 32.2. The largest absolute Gasteiger partial charge is 0.497 e. The van der Waals surface area contributed by atoms with E-state index in [0.717, 1.165) is 26.6 Å². The monoisotopic (exact) mass is 421 g/mol. The third kappa shape index (κ3) is 4.11. The Morgan fingerprint density at radius 2 is 1.97 bits per heavy atom. The number of nitrogens with zero attached hydrogens (tertiary/aromatic N) is 3. The van der Waals surface area contributed by atoms with Crippen molar-refractivity contribution in [1.82, 2.24) is 9.97 Å². The van der Waals surface area contributed by atoms with Crippen LogP contribution in [0.5, 0.6) is 5.75 Å². The molecule has 0 radical (unpaired) electrons. The van der Waals surface area contributed by atoms with Crippen LogP contribution in [-0.2, 0) is 6.54 Å². The van der Waals surface area contributed by atoms with Gasteiger partial charge < -0.3 is 4.74 Å². The highest BCUT2D eigenvalue weighted by molar-refractivity contribution is 7.98. The fourth-order valence-electron chi connectivity index (χ4n) is 2.98. The first-order chi connectivity index (χ1) is 14.2. The van der Waals surface area contributed by atoms with Gasteiger partial charge in [0, 0.05) is 11.1 Å². The van der Waals surface area contributed by atoms with Gasteiger partial charge in [-0.3, -0.25) is 14.7 Å². The number of carbonyl (C=O) groups is 1. The summed E-state index contributed by atoms with van der Waals surface area (Å²) in [7, 11) is 1.64. The Balaban J connectivity index is 1.79. The van der Waals surface area contributed by atoms with Gasteiger partial charge >= 0.3 is 0 Å². The van der Waals surface area contributed by atoms with Crippen molar-refractivity contribution in [2.24, 2.45) is 0 Å². The Hall–Kier alpha value is -2.90. The third-order valence-electron chi connectivity index (χ3n) is 4.44. The molecule has 2 aromatic carbocycles. The van der Waals surface area contributed by atoms with Gasteiger partial charge in [0.1, 0.15) is 5.75 Å². The lowest BCUT2D eigenvalue weighted by Gasteiger charge is -2.20. The predicted molar refractivity (Wildman–Crippen MR) is 119 cm³/mol. The Morgan fingerprint density at radius 3 is 2.72 bits per heavy atom. The molecule has 4 aromatic rings. The van der Waals surface area contributed by atoms with Gasteiger partial charge in [0.2, 0.25) is 0 Å². The normalized spacial score (nSPS) is 10.8. The average molecular weight is 422 g/mol. The van der Waals surface area contributed by atoms with E-state index in [-0.39, 0.29) is 5.91 Å². The molecule has 146 valence electrons. The van der Waals surface area contributed by atoms with Gasteiger partial charge in [-0.05, 0) is 48.7 Å². The Labute approximate surface area is 177 Å². The lowest BCUT2D eigenvalue weighted by molar-refractivity contribution is 0.0982. The number of thiazole rings is 1. The van der Waals surface area contributed by atoms with Gasteiger partial charge in [-0.1, -0.05) is 29.5 Å². The van der Waals surface area contributed by atoms with Crippen molar-refractivity contribution >= 4 is 44.4 Å². The summed E-state index contributed by atoms with van der Waals surface area (Å²) in [5.41, 5.74) is 2.30. The molecule has 0 unspecified atom stereocenters. The summed E-state index contributed by atoms with van der Waals surface area (Å²) < 4.78 is 6.29. The number of anilines is 1. The maximum atomic E-state index is 13.6. The Bertz CT molecular complexity index is 1150. The highest BCUT2D eigenvalue weighted by Gasteiger charge is 2.24. The molecule has 0 saturated carbocycles. The molecular formula is C22H19N3O2S2. The smallest absolute Gasteiger partial charge is 0.261 e. The summed E-state index contributed by atoms with van der Waals surface area (Å²) >= 11 is 3.03. The first kappa shape index (κ1) is 19.4. The minimum Gasteiger partial charge on any atom is -0.497 e. The number of carbonyl (C=O) groups excluding carboxylic acids is 1. The van der Waals surface area contributed by atoms with Crippen molar-refractivity contribution in [3.05, 3.63) is 78.1 Å². The number of benzene rings is 2. The molecule has 0 fully saturated rings. The van der Waals surface area contributed by atoms with Crippen molar-refractivity contribution in [2.75, 3.05) is 18.3 Å². The van der Waals surface area contributed by atoms with Crippen LogP contribution >= 0.6 is 23.1 Å². The first-order valence-corrected chi connectivity index (χ1v) is 11.0. The molecule has 1 amide bonds. The number of pyridine rings is 1. The zero-order valence-electron chi connectivity index (χ0n) is 16.0. The number of amides is 1. The molecule has 0 aliphatic rings. The molecule has 5 nitrogen and oxygen atoms in total. The number of hydrogen-bond acceptors (Lipinski definition) is 6. The lowest BCUT2D eigenvalue weighted by Crippen LogP contribution is -2.31. The highest BCUT2D eigenvalue weighted by Crippen LogP contribution is 2.33. The predicted octanol–water partition coefficient (Wildman–Crippen LogP) is 5.27. The summed E-state index contributed by atoms with van der Waals surface area (Å²) in [6, 6.07) is 19.1. The van der Waals surface area contributed by atoms with Crippen LogP contribution in [-0.4, -0.2) is 29.2 Å². The van der Waals surface area contributed by atoms with Gasteiger partial charge in [-0.25, -0.2) is 4.98 Å². The van der Waals surface area contributed by atoms with Crippen LogP contribution in [0.15, 0.2) is 71.8 Å². The fourth-order valence-corrected chi connectivity index (χ4v) is 4.56. The fraction of sp³-hybridized carbons (Fsp3) is 0.136. The van der Waals surface area contributed by atoms with Crippen molar-refractivity contribution in [2.45, 2.75) is 11.4 Å². The molecule has 7 heteroatoms. The van der Waals surface area contributed by atoms with Crippen LogP contribution in [0.25, 0.3) is 10.2 Å². The molecule has 0 aliphatic carbocycles. The number of ether oxygens (including phenoxy) is 1. The van der Waals surface area contributed by atoms with Crippen LogP contribution in [0.1, 0.15) is 16.1 Å². The van der Waals surface area contributed by atoms with E-state index >= 15 is 0 Å². The van der Waals surface area contributed by atoms with Crippen molar-refractivity contribution in [3.63, 3.8) is 0 Å². The van der Waals surface area contributed by atoms with E-state index in [1.807, 2.05) is 66.9 Å². The molecule has 0 aliphatic heterocycles. The number of aromatic nitrogens is 2. The van der Waals surface area contributed by atoms with Crippen LogP contribution in [0.4, 0.5) is 5.13 Å². The van der Waals surface area contributed by atoms with E-state index in [2.05, 4.69) is 4.98 Å². The number of hydrogen-bond donors (Lipinski definition) is 0. The molecular weight excluding hydrogens is 402 g/mol. The molecule has 0 saturated heterocycles. The molecule has 29 heavy (non-hydrogen) atoms. The molecule has 0 bridgehead atoms. The minimum absolute atomic E-state index is 0.0911. The average Bonchev–Trinajstić information content (AvgIpc) is 3.20. The second-order valence-electron chi connectivity index (χ2n) is 6.24. The summed E-state index contributed by atoms with van der Waals surface area (Å²) in [6.07, 6.45) is 3.70. The number of rotatable bonds is 6. The second kappa shape index (κ2) is 8.63. The van der Waals surface area contributed by atoms with Gasteiger partial charge in [-0.15, -0.1) is 11.8 Å². The maximum absolute atomic E-state index is 13.6. The van der Waals surface area contributed by atoms with Gasteiger partial charge in [0.05, 0.1) is 35.1 Å². The summed E-state index contributed by atoms with van der Waals surface area (Å²) in [5.74, 6) is 0.676. The summed E-state index contributed by atoms with van der Waals surface area (Å²) in [6.45, 7) is 0.347. The number of fused-ring (bicyclic) bond motifs is 1. The maximum Gasteiger partial charge on any atom is 0.261 e. The molecule has 0 atom stereocenters. The number of methoxy groups -OCH3 is 1. The molecule has 4 rings (SSSR count). The zero-order valence-corrected chi connectivity index (χ0v) is 17.7. The Kier molecular flexibility index (Phi) is 5.78. The van der Waals surface area contributed by atoms with E-state index in [9.17, 15) is 4.79 Å². The van der Waals surface area contributed by atoms with Crippen LogP contribution in [0.3, 0.4) is 0 Å². The quantitative estimate of drug-likeness (QED) is 0.397. The van der Waals surface area contributed by atoms with E-state index in [1.165, 1.54) is 11.3 Å². The van der Waals surface area contributed by atoms with Crippen LogP contribution in [0.2, 0.25) is 0 Å². The molecule has 0 N–H and O–H groups in total. The van der Waals surface area contributed by atoms with E-state index in [0.29, 0.717) is 17.2 Å². The van der Waals surface area contributed by atoms with Crippen molar-refractivity contribution in [1.29, 1.82) is 0 Å². The first-order valence-electron chi connectivity index (χ1n) is 8.99. The Morgan fingerprint density at radius 1 is 1.14 bits per heavy atom. The molecule has 0 spiro atoms. The summed E-state index contributed by atoms with van der Waals surface area (Å²) in [5, 5.41) is 0.639. The van der Waals surface area contributed by atoms with Crippen LogP contribution < -0.4 is 9.64 Å². The summed E-state index contributed by atoms with van der Waals surface area (Å²) in [4.78, 5) is 25.3. The zero-order chi connectivity index (χ0) is 20.2. The SMILES string of the molecule is COc1ccc2nc(N(Cc3ccccn3)C(=O)c3ccccc3SC)sc2c1. The molecule has 2 heterocycles. The lowest BCUT2D eigenvalue weighted by atomic mass is 10.2. The minimum atomic E-state index is -0.0911. The third-order valence-corrected chi connectivity index (χ3v) is 6.28. The van der Waals surface area contributed by atoms with Crippen molar-refractivity contribution in [3.8, 4) is 5.75 Å². The van der Waals surface area contributed by atoms with E-state index in [1.54, 1.807) is 30.0 Å². The molecule has 2 aromatic heterocycles. The van der Waals surface area contributed by atoms with Crippen LogP contribution in [0, 0.1) is 0 Å².